The topological polar surface area (TPSA) is 58.5 Å². The number of rotatable bonds is 6. The largest absolute Gasteiger partial charge is 0.490 e. The molecule has 0 aliphatic heterocycles. The summed E-state index contributed by atoms with van der Waals surface area (Å²) >= 11 is 1.79. The van der Waals surface area contributed by atoms with Crippen molar-refractivity contribution in [1.82, 2.24) is 15.6 Å². The molecule has 2 heterocycles. The van der Waals surface area contributed by atoms with Crippen molar-refractivity contribution >= 4 is 41.3 Å². The van der Waals surface area contributed by atoms with Crippen LogP contribution in [-0.2, 0) is 6.54 Å². The third-order valence-corrected chi connectivity index (χ3v) is 3.75. The Bertz CT molecular complexity index is 574. The van der Waals surface area contributed by atoms with Gasteiger partial charge in [-0.25, -0.2) is 0 Å². The molecule has 0 unspecified atom stereocenters. The molecule has 2 aromatic heterocycles. The second kappa shape index (κ2) is 10.4. The summed E-state index contributed by atoms with van der Waals surface area (Å²) in [5, 5.41) is 6.49. The van der Waals surface area contributed by atoms with Gasteiger partial charge in [-0.2, -0.15) is 0 Å². The van der Waals surface area contributed by atoms with Crippen LogP contribution >= 0.6 is 35.3 Å². The minimum Gasteiger partial charge on any atom is -0.490 e. The highest BCUT2D eigenvalue weighted by molar-refractivity contribution is 14.0. The summed E-state index contributed by atoms with van der Waals surface area (Å²) in [5.41, 5.74) is 0. The molecule has 0 aromatic carbocycles. The van der Waals surface area contributed by atoms with Gasteiger partial charge in [0.25, 0.3) is 0 Å². The van der Waals surface area contributed by atoms with Gasteiger partial charge in [-0.05, 0) is 31.2 Å². The van der Waals surface area contributed by atoms with Gasteiger partial charge in [0.2, 0.25) is 0 Å². The molecule has 120 valence electrons. The Kier molecular flexibility index (Phi) is 8.83. The van der Waals surface area contributed by atoms with Crippen LogP contribution < -0.4 is 15.4 Å². The molecule has 0 radical (unpaired) electrons. The molecule has 0 spiro atoms. The average Bonchev–Trinajstić information content (AvgIpc) is 2.93. The van der Waals surface area contributed by atoms with Crippen LogP contribution in [0.1, 0.15) is 9.75 Å². The molecule has 2 rings (SSSR count). The van der Waals surface area contributed by atoms with E-state index in [-0.39, 0.29) is 24.0 Å². The molecule has 2 N–H and O–H groups in total. The van der Waals surface area contributed by atoms with Gasteiger partial charge in [0, 0.05) is 23.0 Å². The van der Waals surface area contributed by atoms with E-state index in [1.807, 2.05) is 12.1 Å². The van der Waals surface area contributed by atoms with Gasteiger partial charge in [0.05, 0.1) is 19.3 Å². The molecule has 7 heteroatoms. The molecule has 0 saturated heterocycles. The van der Waals surface area contributed by atoms with Crippen molar-refractivity contribution in [2.24, 2.45) is 4.99 Å². The van der Waals surface area contributed by atoms with Crippen LogP contribution in [0.2, 0.25) is 0 Å². The predicted octanol–water partition coefficient (Wildman–Crippen LogP) is 2.81. The monoisotopic (exact) mass is 432 g/mol. The lowest BCUT2D eigenvalue weighted by Gasteiger charge is -2.11. The maximum atomic E-state index is 5.56. The van der Waals surface area contributed by atoms with Gasteiger partial charge in [-0.15, -0.1) is 35.3 Å². The number of nitrogens with zero attached hydrogens (tertiary/aromatic N) is 2. The Hall–Kier alpha value is -1.35. The predicted molar refractivity (Wildman–Crippen MR) is 102 cm³/mol. The maximum Gasteiger partial charge on any atom is 0.191 e. The molecule has 2 aromatic rings. The lowest BCUT2D eigenvalue weighted by Crippen LogP contribution is -2.38. The zero-order valence-electron chi connectivity index (χ0n) is 12.7. The van der Waals surface area contributed by atoms with Crippen molar-refractivity contribution in [3.05, 3.63) is 46.4 Å². The lowest BCUT2D eigenvalue weighted by atomic mass is 10.4. The first-order valence-electron chi connectivity index (χ1n) is 6.80. The van der Waals surface area contributed by atoms with Crippen LogP contribution in [0.15, 0.2) is 41.7 Å². The summed E-state index contributed by atoms with van der Waals surface area (Å²) < 4.78 is 5.56. The molecule has 0 atom stereocenters. The van der Waals surface area contributed by atoms with E-state index in [4.69, 9.17) is 4.74 Å². The average molecular weight is 432 g/mol. The van der Waals surface area contributed by atoms with Gasteiger partial charge in [-0.1, -0.05) is 0 Å². The van der Waals surface area contributed by atoms with Crippen LogP contribution in [0.3, 0.4) is 0 Å². The molecule has 22 heavy (non-hydrogen) atoms. The fraction of sp³-hybridized carbons (Fsp3) is 0.333. The van der Waals surface area contributed by atoms with Crippen LogP contribution in [0.5, 0.6) is 5.75 Å². The summed E-state index contributed by atoms with van der Waals surface area (Å²) in [4.78, 5) is 10.8. The van der Waals surface area contributed by atoms with Gasteiger partial charge in [0.1, 0.15) is 12.4 Å². The van der Waals surface area contributed by atoms with Gasteiger partial charge in [0.15, 0.2) is 5.96 Å². The Morgan fingerprint density at radius 3 is 2.82 bits per heavy atom. The van der Waals surface area contributed by atoms with E-state index in [9.17, 15) is 0 Å². The summed E-state index contributed by atoms with van der Waals surface area (Å²) in [6.07, 6.45) is 3.43. The molecule has 0 aliphatic carbocycles. The molecule has 0 saturated carbocycles. The maximum absolute atomic E-state index is 5.56. The van der Waals surface area contributed by atoms with Crippen LogP contribution in [0.4, 0.5) is 0 Å². The first-order chi connectivity index (χ1) is 10.3. The lowest BCUT2D eigenvalue weighted by molar-refractivity contribution is 0.320. The zero-order chi connectivity index (χ0) is 14.9. The van der Waals surface area contributed by atoms with Crippen molar-refractivity contribution in [3.63, 3.8) is 0 Å². The number of halogens is 1. The minimum absolute atomic E-state index is 0. The van der Waals surface area contributed by atoms with Gasteiger partial charge >= 0.3 is 0 Å². The van der Waals surface area contributed by atoms with E-state index in [1.165, 1.54) is 9.75 Å². The highest BCUT2D eigenvalue weighted by Gasteiger charge is 2.00. The third kappa shape index (κ3) is 6.61. The van der Waals surface area contributed by atoms with Crippen molar-refractivity contribution < 1.29 is 4.74 Å². The van der Waals surface area contributed by atoms with E-state index in [2.05, 4.69) is 39.7 Å². The number of hydrogen-bond acceptors (Lipinski definition) is 4. The summed E-state index contributed by atoms with van der Waals surface area (Å²) in [6.45, 7) is 4.13. The summed E-state index contributed by atoms with van der Waals surface area (Å²) in [6, 6.07) is 8.00. The van der Waals surface area contributed by atoms with Crippen LogP contribution in [-0.4, -0.2) is 31.1 Å². The first-order valence-corrected chi connectivity index (χ1v) is 7.62. The van der Waals surface area contributed by atoms with Crippen LogP contribution in [0, 0.1) is 6.92 Å². The second-order valence-electron chi connectivity index (χ2n) is 4.40. The summed E-state index contributed by atoms with van der Waals surface area (Å²) in [7, 11) is 1.76. The minimum atomic E-state index is 0. The Morgan fingerprint density at radius 1 is 1.32 bits per heavy atom. The van der Waals surface area contributed by atoms with Gasteiger partial charge in [-0.3, -0.25) is 9.98 Å². The number of aryl methyl sites for hydroxylation is 1. The fourth-order valence-corrected chi connectivity index (χ4v) is 2.57. The van der Waals surface area contributed by atoms with E-state index in [0.29, 0.717) is 13.2 Å². The number of hydrogen-bond donors (Lipinski definition) is 2. The molecule has 0 amide bonds. The van der Waals surface area contributed by atoms with Crippen molar-refractivity contribution in [2.45, 2.75) is 13.5 Å². The van der Waals surface area contributed by atoms with Crippen molar-refractivity contribution in [3.8, 4) is 5.75 Å². The molecule has 0 fully saturated rings. The van der Waals surface area contributed by atoms with E-state index in [1.54, 1.807) is 30.8 Å². The van der Waals surface area contributed by atoms with Crippen LogP contribution in [0.25, 0.3) is 0 Å². The number of aromatic nitrogens is 1. The highest BCUT2D eigenvalue weighted by atomic mass is 127. The smallest absolute Gasteiger partial charge is 0.191 e. The van der Waals surface area contributed by atoms with Crippen molar-refractivity contribution in [2.75, 3.05) is 20.2 Å². The first kappa shape index (κ1) is 18.7. The van der Waals surface area contributed by atoms with Crippen molar-refractivity contribution in [1.29, 1.82) is 0 Å². The number of nitrogens with one attached hydrogen (secondary N) is 2. The third-order valence-electron chi connectivity index (χ3n) is 2.75. The summed E-state index contributed by atoms with van der Waals surface area (Å²) in [5.74, 6) is 1.55. The Morgan fingerprint density at radius 2 is 2.18 bits per heavy atom. The second-order valence-corrected chi connectivity index (χ2v) is 5.77. The van der Waals surface area contributed by atoms with E-state index < -0.39 is 0 Å². The number of thiophene rings is 1. The highest BCUT2D eigenvalue weighted by Crippen LogP contribution is 2.14. The molecule has 5 nitrogen and oxygen atoms in total. The molecular formula is C15H21IN4OS. The zero-order valence-corrected chi connectivity index (χ0v) is 15.9. The fourth-order valence-electron chi connectivity index (χ4n) is 1.74. The molecule has 0 aliphatic rings. The molecule has 0 bridgehead atoms. The molecular weight excluding hydrogens is 411 g/mol. The number of aliphatic imine (C=N–C) groups is 1. The standard InChI is InChI=1S/C15H20N4OS.HI/c1-12-5-6-14(21-12)11-19-15(16-2)18-8-9-20-13-4-3-7-17-10-13;/h3-7,10H,8-9,11H2,1-2H3,(H2,16,18,19);1H. The van der Waals surface area contributed by atoms with Gasteiger partial charge < -0.3 is 15.4 Å². The number of guanidine groups is 1. The van der Waals surface area contributed by atoms with E-state index >= 15 is 0 Å². The number of ether oxygens (including phenoxy) is 1. The number of pyridine rings is 1. The Labute approximate surface area is 152 Å². The SMILES string of the molecule is CN=C(NCCOc1cccnc1)NCc1ccc(C)s1.I. The Balaban J connectivity index is 0.00000242. The quantitative estimate of drug-likeness (QED) is 0.319. The normalized spacial score (nSPS) is 10.7. The van der Waals surface area contributed by atoms with E-state index in [0.717, 1.165) is 18.3 Å².